The van der Waals surface area contributed by atoms with Crippen molar-refractivity contribution < 1.29 is 0 Å². The average Bonchev–Trinajstić information content (AvgIpc) is 2.18. The molecule has 0 spiro atoms. The van der Waals surface area contributed by atoms with Gasteiger partial charge in [-0.1, -0.05) is 35.3 Å². The first-order valence-electron chi connectivity index (χ1n) is 4.43. The van der Waals surface area contributed by atoms with Crippen LogP contribution in [0.4, 0.5) is 0 Å². The van der Waals surface area contributed by atoms with Gasteiger partial charge in [0.2, 0.25) is 0 Å². The quantitative estimate of drug-likeness (QED) is 0.754. The van der Waals surface area contributed by atoms with Crippen LogP contribution in [0.15, 0.2) is 29.3 Å². The number of aromatic nitrogens is 2. The van der Waals surface area contributed by atoms with E-state index >= 15 is 0 Å². The minimum absolute atomic E-state index is 0.369. The van der Waals surface area contributed by atoms with Crippen molar-refractivity contribution in [2.45, 2.75) is 6.92 Å². The largest absolute Gasteiger partial charge is 0.243 e. The Hall–Kier alpha value is -1.12. The van der Waals surface area contributed by atoms with Gasteiger partial charge in [0, 0.05) is 5.03 Å². The summed E-state index contributed by atoms with van der Waals surface area (Å²) < 4.78 is 0. The molecule has 2 rings (SSSR count). The second-order valence-electron chi connectivity index (χ2n) is 3.12. The minimum Gasteiger partial charge on any atom is -0.243 e. The van der Waals surface area contributed by atoms with E-state index < -0.39 is 0 Å². The lowest BCUT2D eigenvalue weighted by atomic mass is 10.3. The van der Waals surface area contributed by atoms with Crippen LogP contribution in [0.25, 0.3) is 17.1 Å². The van der Waals surface area contributed by atoms with Crippen LogP contribution >= 0.6 is 23.2 Å². The van der Waals surface area contributed by atoms with Crippen LogP contribution in [0.1, 0.15) is 12.6 Å². The Bertz CT molecular complexity index is 531. The molecule has 15 heavy (non-hydrogen) atoms. The summed E-state index contributed by atoms with van der Waals surface area (Å²) in [6, 6.07) is 7.57. The fourth-order valence-corrected chi connectivity index (χ4v) is 1.56. The second-order valence-corrected chi connectivity index (χ2v) is 4.07. The van der Waals surface area contributed by atoms with Gasteiger partial charge >= 0.3 is 0 Å². The lowest BCUT2D eigenvalue weighted by Gasteiger charge is -2.00. The Labute approximate surface area is 97.6 Å². The molecule has 76 valence electrons. The second kappa shape index (κ2) is 4.17. The first-order chi connectivity index (χ1) is 7.16. The Kier molecular flexibility index (Phi) is 2.89. The SMILES string of the molecule is CC(Cl)=Cc1nc2ccccc2nc1Cl. The molecule has 1 aromatic heterocycles. The first kappa shape index (κ1) is 10.4. The number of benzene rings is 1. The van der Waals surface area contributed by atoms with E-state index in [1.807, 2.05) is 24.3 Å². The van der Waals surface area contributed by atoms with Crippen molar-refractivity contribution in [3.63, 3.8) is 0 Å². The van der Waals surface area contributed by atoms with E-state index in [1.165, 1.54) is 0 Å². The highest BCUT2D eigenvalue weighted by molar-refractivity contribution is 6.33. The summed E-state index contributed by atoms with van der Waals surface area (Å²) in [6.45, 7) is 1.77. The maximum Gasteiger partial charge on any atom is 0.155 e. The van der Waals surface area contributed by atoms with Crippen LogP contribution in [-0.2, 0) is 0 Å². The van der Waals surface area contributed by atoms with Gasteiger partial charge in [-0.25, -0.2) is 9.97 Å². The van der Waals surface area contributed by atoms with Gasteiger partial charge in [-0.15, -0.1) is 0 Å². The van der Waals surface area contributed by atoms with Gasteiger partial charge in [0.15, 0.2) is 5.15 Å². The highest BCUT2D eigenvalue weighted by atomic mass is 35.5. The Morgan fingerprint density at radius 2 is 1.80 bits per heavy atom. The summed E-state index contributed by atoms with van der Waals surface area (Å²) in [5.74, 6) is 0. The molecule has 0 aliphatic carbocycles. The molecule has 2 nitrogen and oxygen atoms in total. The predicted octanol–water partition coefficient (Wildman–Crippen LogP) is 3.88. The maximum atomic E-state index is 5.97. The number of hydrogen-bond acceptors (Lipinski definition) is 2. The van der Waals surface area contributed by atoms with Gasteiger partial charge in [-0.05, 0) is 25.1 Å². The molecular formula is C11H8Cl2N2. The third-order valence-corrected chi connectivity index (χ3v) is 2.28. The van der Waals surface area contributed by atoms with Crippen LogP contribution in [0, 0.1) is 0 Å². The van der Waals surface area contributed by atoms with Crippen molar-refractivity contribution in [1.82, 2.24) is 9.97 Å². The van der Waals surface area contributed by atoms with Crippen LogP contribution in [-0.4, -0.2) is 9.97 Å². The summed E-state index contributed by atoms with van der Waals surface area (Å²) in [4.78, 5) is 8.59. The van der Waals surface area contributed by atoms with Crippen molar-refractivity contribution >= 4 is 40.3 Å². The Morgan fingerprint density at radius 1 is 1.20 bits per heavy atom. The zero-order chi connectivity index (χ0) is 10.8. The summed E-state index contributed by atoms with van der Waals surface area (Å²) in [7, 11) is 0. The molecule has 0 fully saturated rings. The molecule has 0 atom stereocenters. The Balaban J connectivity index is 2.67. The summed E-state index contributed by atoms with van der Waals surface area (Å²) >= 11 is 11.7. The van der Waals surface area contributed by atoms with Crippen LogP contribution in [0.5, 0.6) is 0 Å². The first-order valence-corrected chi connectivity index (χ1v) is 5.18. The third kappa shape index (κ3) is 2.28. The smallest absolute Gasteiger partial charge is 0.155 e. The number of rotatable bonds is 1. The van der Waals surface area contributed by atoms with Crippen molar-refractivity contribution in [3.8, 4) is 0 Å². The lowest BCUT2D eigenvalue weighted by Crippen LogP contribution is -1.89. The maximum absolute atomic E-state index is 5.97. The lowest BCUT2D eigenvalue weighted by molar-refractivity contribution is 1.26. The molecule has 1 heterocycles. The summed E-state index contributed by atoms with van der Waals surface area (Å²) in [5, 5.41) is 0.996. The molecule has 0 amide bonds. The zero-order valence-corrected chi connectivity index (χ0v) is 9.55. The third-order valence-electron chi connectivity index (χ3n) is 1.89. The molecule has 2 aromatic rings. The molecule has 4 heteroatoms. The van der Waals surface area contributed by atoms with E-state index in [0.717, 1.165) is 11.0 Å². The molecule has 0 bridgehead atoms. The summed E-state index contributed by atoms with van der Waals surface area (Å²) in [5.41, 5.74) is 2.20. The highest BCUT2D eigenvalue weighted by Crippen LogP contribution is 2.19. The Morgan fingerprint density at radius 3 is 2.40 bits per heavy atom. The van der Waals surface area contributed by atoms with E-state index in [-0.39, 0.29) is 0 Å². The van der Waals surface area contributed by atoms with E-state index in [2.05, 4.69) is 9.97 Å². The predicted molar refractivity (Wildman–Crippen MR) is 64.1 cm³/mol. The minimum atomic E-state index is 0.369. The monoisotopic (exact) mass is 238 g/mol. The molecular weight excluding hydrogens is 231 g/mol. The normalized spacial score (nSPS) is 12.1. The van der Waals surface area contributed by atoms with E-state index in [9.17, 15) is 0 Å². The zero-order valence-electron chi connectivity index (χ0n) is 8.04. The van der Waals surface area contributed by atoms with E-state index in [0.29, 0.717) is 15.9 Å². The number of para-hydroxylation sites is 2. The molecule has 0 saturated heterocycles. The molecule has 0 unspecified atom stereocenters. The van der Waals surface area contributed by atoms with E-state index in [1.54, 1.807) is 13.0 Å². The topological polar surface area (TPSA) is 25.8 Å². The number of hydrogen-bond donors (Lipinski definition) is 0. The average molecular weight is 239 g/mol. The number of nitrogens with zero attached hydrogens (tertiary/aromatic N) is 2. The van der Waals surface area contributed by atoms with Crippen LogP contribution in [0.2, 0.25) is 5.15 Å². The molecule has 0 N–H and O–H groups in total. The molecule has 1 aromatic carbocycles. The van der Waals surface area contributed by atoms with Crippen molar-refractivity contribution in [2.24, 2.45) is 0 Å². The van der Waals surface area contributed by atoms with Gasteiger partial charge in [0.25, 0.3) is 0 Å². The highest BCUT2D eigenvalue weighted by Gasteiger charge is 2.03. The van der Waals surface area contributed by atoms with Gasteiger partial charge in [0.05, 0.1) is 11.0 Å². The van der Waals surface area contributed by atoms with Crippen molar-refractivity contribution in [1.29, 1.82) is 0 Å². The van der Waals surface area contributed by atoms with Crippen LogP contribution in [0.3, 0.4) is 0 Å². The molecule has 0 aliphatic heterocycles. The van der Waals surface area contributed by atoms with Crippen molar-refractivity contribution in [3.05, 3.63) is 40.1 Å². The van der Waals surface area contributed by atoms with Gasteiger partial charge in [-0.2, -0.15) is 0 Å². The van der Waals surface area contributed by atoms with Gasteiger partial charge in [-0.3, -0.25) is 0 Å². The molecule has 0 saturated carbocycles. The van der Waals surface area contributed by atoms with Crippen LogP contribution < -0.4 is 0 Å². The number of fused-ring (bicyclic) bond motifs is 1. The number of halogens is 2. The fourth-order valence-electron chi connectivity index (χ4n) is 1.27. The van der Waals surface area contributed by atoms with Crippen molar-refractivity contribution in [2.75, 3.05) is 0 Å². The molecule has 0 radical (unpaired) electrons. The standard InChI is InChI=1S/C11H8Cl2N2/c1-7(12)6-10-11(13)15-9-5-3-2-4-8(9)14-10/h2-6H,1H3. The van der Waals surface area contributed by atoms with Gasteiger partial charge < -0.3 is 0 Å². The van der Waals surface area contributed by atoms with E-state index in [4.69, 9.17) is 23.2 Å². The molecule has 0 aliphatic rings. The fraction of sp³-hybridized carbons (Fsp3) is 0.0909. The number of allylic oxidation sites excluding steroid dienone is 1. The summed E-state index contributed by atoms with van der Waals surface area (Å²) in [6.07, 6.45) is 1.70. The van der Waals surface area contributed by atoms with Gasteiger partial charge in [0.1, 0.15) is 5.69 Å².